The Hall–Kier alpha value is -3.92. The van der Waals surface area contributed by atoms with Gasteiger partial charge in [-0.3, -0.25) is 14.9 Å². The average Bonchev–Trinajstić information content (AvgIpc) is 3.48. The minimum Gasteiger partial charge on any atom is -0.369 e. The maximum atomic E-state index is 12.1. The lowest BCUT2D eigenvalue weighted by atomic mass is 10.1. The Morgan fingerprint density at radius 1 is 1.09 bits per heavy atom. The number of piperazine rings is 1. The summed E-state index contributed by atoms with van der Waals surface area (Å²) >= 11 is 0. The van der Waals surface area contributed by atoms with Gasteiger partial charge in [-0.05, 0) is 50.2 Å². The molecule has 0 bridgehead atoms. The van der Waals surface area contributed by atoms with Crippen molar-refractivity contribution in [2.24, 2.45) is 0 Å². The highest BCUT2D eigenvalue weighted by Gasteiger charge is 2.26. The van der Waals surface area contributed by atoms with Crippen LogP contribution in [0.5, 0.6) is 0 Å². The van der Waals surface area contributed by atoms with E-state index in [4.69, 9.17) is 4.98 Å². The largest absolute Gasteiger partial charge is 0.369 e. The van der Waals surface area contributed by atoms with E-state index in [0.717, 1.165) is 50.5 Å². The van der Waals surface area contributed by atoms with Gasteiger partial charge < -0.3 is 20.4 Å². The first kappa shape index (κ1) is 21.6. The van der Waals surface area contributed by atoms with Crippen LogP contribution in [0.2, 0.25) is 0 Å². The van der Waals surface area contributed by atoms with Gasteiger partial charge in [0.1, 0.15) is 11.6 Å². The Morgan fingerprint density at radius 2 is 1.86 bits per heavy atom. The van der Waals surface area contributed by atoms with E-state index in [1.54, 1.807) is 16.8 Å². The van der Waals surface area contributed by atoms with Crippen molar-refractivity contribution < 1.29 is 9.59 Å². The highest BCUT2D eigenvalue weighted by atomic mass is 16.2. The van der Waals surface area contributed by atoms with Gasteiger partial charge in [-0.15, -0.1) is 0 Å². The molecular weight excluding hydrogens is 444 g/mol. The maximum absolute atomic E-state index is 12.1. The third kappa shape index (κ3) is 4.57. The molecule has 10 heteroatoms. The average molecular weight is 473 g/mol. The van der Waals surface area contributed by atoms with Crippen molar-refractivity contribution in [1.82, 2.24) is 24.8 Å². The van der Waals surface area contributed by atoms with Gasteiger partial charge in [0.2, 0.25) is 5.91 Å². The number of nitrogens with zero attached hydrogens (tertiary/aromatic N) is 5. The first-order valence-corrected chi connectivity index (χ1v) is 12.0. The second kappa shape index (κ2) is 8.70. The van der Waals surface area contributed by atoms with Crippen LogP contribution in [0, 0.1) is 0 Å². The Kier molecular flexibility index (Phi) is 5.37. The fourth-order valence-electron chi connectivity index (χ4n) is 4.46. The van der Waals surface area contributed by atoms with Crippen molar-refractivity contribution in [2.75, 3.05) is 48.8 Å². The molecule has 1 aliphatic carbocycles. The van der Waals surface area contributed by atoms with E-state index in [-0.39, 0.29) is 18.2 Å². The normalized spacial score (nSPS) is 20.0. The number of rotatable bonds is 6. The molecule has 3 fully saturated rings. The molecule has 0 atom stereocenters. The van der Waals surface area contributed by atoms with E-state index >= 15 is 0 Å². The van der Waals surface area contributed by atoms with E-state index in [1.165, 1.54) is 5.69 Å². The summed E-state index contributed by atoms with van der Waals surface area (Å²) in [5, 5.41) is 13.8. The molecule has 1 saturated carbocycles. The topological polar surface area (TPSA) is 107 Å². The number of hydrogen-bond acceptors (Lipinski definition) is 8. The summed E-state index contributed by atoms with van der Waals surface area (Å²) in [5.41, 5.74) is 3.89. The quantitative estimate of drug-likeness (QED) is 0.370. The predicted octanol–water partition coefficient (Wildman–Crippen LogP) is 2.23. The number of likely N-dealkylation sites (N-methyl/N-ethyl adjacent to an activating group) is 1. The fraction of sp³-hybridized carbons (Fsp3) is 0.360. The Morgan fingerprint density at radius 3 is 2.54 bits per heavy atom. The van der Waals surface area contributed by atoms with E-state index in [2.05, 4.69) is 62.2 Å². The molecule has 1 aromatic carbocycles. The van der Waals surface area contributed by atoms with Crippen molar-refractivity contribution in [3.05, 3.63) is 47.7 Å². The van der Waals surface area contributed by atoms with Crippen LogP contribution in [-0.4, -0.2) is 70.6 Å². The summed E-state index contributed by atoms with van der Waals surface area (Å²) in [4.78, 5) is 33.2. The number of hydrogen-bond donors (Lipinski definition) is 3. The molecule has 2 aromatic heterocycles. The number of imide groups is 1. The van der Waals surface area contributed by atoms with Gasteiger partial charge in [0.25, 0.3) is 5.91 Å². The minimum absolute atomic E-state index is 0.0704. The summed E-state index contributed by atoms with van der Waals surface area (Å²) in [6.07, 6.45) is 5.70. The number of amides is 2. The molecule has 2 amide bonds. The molecule has 0 radical (unpaired) electrons. The second-order valence-electron chi connectivity index (χ2n) is 9.47. The van der Waals surface area contributed by atoms with Crippen LogP contribution in [0.1, 0.15) is 24.8 Å². The highest BCUT2D eigenvalue weighted by molar-refractivity contribution is 6.15. The van der Waals surface area contributed by atoms with Crippen LogP contribution < -0.4 is 20.9 Å². The molecule has 3 N–H and O–H groups in total. The lowest BCUT2D eigenvalue weighted by molar-refractivity contribution is -0.124. The number of fused-ring (bicyclic) bond motifs is 1. The molecule has 10 nitrogen and oxygen atoms in total. The summed E-state index contributed by atoms with van der Waals surface area (Å²) < 4.78 is 1.75. The van der Waals surface area contributed by atoms with Gasteiger partial charge in [-0.25, -0.2) is 4.98 Å². The predicted molar refractivity (Wildman–Crippen MR) is 135 cm³/mol. The zero-order chi connectivity index (χ0) is 23.9. The first-order chi connectivity index (χ1) is 17.0. The van der Waals surface area contributed by atoms with Crippen molar-refractivity contribution in [1.29, 1.82) is 0 Å². The minimum atomic E-state index is -0.361. The van der Waals surface area contributed by atoms with Crippen LogP contribution in [0.15, 0.2) is 42.1 Å². The molecule has 180 valence electrons. The number of anilines is 4. The lowest BCUT2D eigenvalue weighted by Gasteiger charge is -2.34. The summed E-state index contributed by atoms with van der Waals surface area (Å²) in [6, 6.07) is 10.8. The van der Waals surface area contributed by atoms with Crippen molar-refractivity contribution >= 4 is 46.5 Å². The molecule has 35 heavy (non-hydrogen) atoms. The number of aromatic nitrogens is 3. The van der Waals surface area contributed by atoms with Crippen molar-refractivity contribution in [3.8, 4) is 0 Å². The SMILES string of the molecule is CN1CCN(c2ccc(Nc3cc(NC4CC4)n4ncc(/C=C5\CC(=O)NC5=O)c4n3)cc2)CC1. The van der Waals surface area contributed by atoms with E-state index < -0.39 is 0 Å². The zero-order valence-corrected chi connectivity index (χ0v) is 19.6. The van der Waals surface area contributed by atoms with Crippen LogP contribution in [0.25, 0.3) is 11.7 Å². The maximum Gasteiger partial charge on any atom is 0.254 e. The third-order valence-electron chi connectivity index (χ3n) is 6.66. The van der Waals surface area contributed by atoms with Gasteiger partial charge in [0.05, 0.1) is 12.6 Å². The zero-order valence-electron chi connectivity index (χ0n) is 19.6. The summed E-state index contributed by atoms with van der Waals surface area (Å²) in [5.74, 6) is 0.871. The van der Waals surface area contributed by atoms with Gasteiger partial charge in [0, 0.05) is 60.8 Å². The Bertz CT molecular complexity index is 1320. The first-order valence-electron chi connectivity index (χ1n) is 12.0. The van der Waals surface area contributed by atoms with Crippen LogP contribution in [0.4, 0.5) is 23.0 Å². The molecule has 4 heterocycles. The number of carbonyl (C=O) groups is 2. The molecule has 3 aromatic rings. The lowest BCUT2D eigenvalue weighted by Crippen LogP contribution is -2.44. The molecular formula is C25H28N8O2. The third-order valence-corrected chi connectivity index (χ3v) is 6.66. The highest BCUT2D eigenvalue weighted by Crippen LogP contribution is 2.29. The molecule has 2 saturated heterocycles. The Labute approximate surface area is 203 Å². The summed E-state index contributed by atoms with van der Waals surface area (Å²) in [6.45, 7) is 4.20. The van der Waals surface area contributed by atoms with Crippen LogP contribution in [0.3, 0.4) is 0 Å². The molecule has 2 aliphatic heterocycles. The van der Waals surface area contributed by atoms with Crippen molar-refractivity contribution in [3.63, 3.8) is 0 Å². The van der Waals surface area contributed by atoms with Gasteiger partial charge in [-0.2, -0.15) is 9.61 Å². The number of carbonyl (C=O) groups excluding carboxylic acids is 2. The van der Waals surface area contributed by atoms with Gasteiger partial charge >= 0.3 is 0 Å². The summed E-state index contributed by atoms with van der Waals surface area (Å²) in [7, 11) is 2.16. The molecule has 3 aliphatic rings. The number of benzene rings is 1. The van der Waals surface area contributed by atoms with E-state index in [9.17, 15) is 9.59 Å². The van der Waals surface area contributed by atoms with E-state index in [0.29, 0.717) is 28.6 Å². The fourth-order valence-corrected chi connectivity index (χ4v) is 4.46. The van der Waals surface area contributed by atoms with Gasteiger partial charge in [-0.1, -0.05) is 0 Å². The molecule has 0 spiro atoms. The van der Waals surface area contributed by atoms with Crippen LogP contribution >= 0.6 is 0 Å². The smallest absolute Gasteiger partial charge is 0.254 e. The molecule has 6 rings (SSSR count). The second-order valence-corrected chi connectivity index (χ2v) is 9.47. The molecule has 0 unspecified atom stereocenters. The standard InChI is InChI=1S/C25H28N8O2/c1-31-8-10-32(11-9-31)20-6-4-18(5-7-20)27-21-14-22(28-19-2-3-19)33-24(29-21)17(15-26-33)12-16-13-23(34)30-25(16)35/h4-7,12,14-15,19,28H,2-3,8-11,13H2,1H3,(H,27,29)(H,30,34,35)/b16-12+. The Balaban J connectivity index is 1.29. The van der Waals surface area contributed by atoms with Crippen LogP contribution in [-0.2, 0) is 9.59 Å². The van der Waals surface area contributed by atoms with Crippen molar-refractivity contribution in [2.45, 2.75) is 25.3 Å². The van der Waals surface area contributed by atoms with Gasteiger partial charge in [0.15, 0.2) is 5.65 Å². The number of nitrogens with one attached hydrogen (secondary N) is 3. The van der Waals surface area contributed by atoms with E-state index in [1.807, 2.05) is 6.07 Å². The monoisotopic (exact) mass is 472 g/mol.